The van der Waals surface area contributed by atoms with Gasteiger partial charge in [-0.1, -0.05) is 39.5 Å². The van der Waals surface area contributed by atoms with Crippen molar-refractivity contribution in [2.45, 2.75) is 39.5 Å². The average molecular weight is 220 g/mol. The second-order valence-electron chi connectivity index (χ2n) is 2.42. The summed E-state index contributed by atoms with van der Waals surface area (Å²) in [6, 6.07) is 0. The Labute approximate surface area is 79.9 Å². The van der Waals surface area contributed by atoms with E-state index in [0.717, 1.165) is 0 Å². The van der Waals surface area contributed by atoms with Crippen molar-refractivity contribution in [3.8, 4) is 0 Å². The minimum absolute atomic E-state index is 0.300. The number of rotatable bonds is 4. The Bertz CT molecular complexity index is 57.2. The summed E-state index contributed by atoms with van der Waals surface area (Å²) in [7, 11) is 0. The maximum absolute atomic E-state index is 8.34. The molecule has 1 nitrogen and oxygen atoms in total. The van der Waals surface area contributed by atoms with Gasteiger partial charge in [0.1, 0.15) is 0 Å². The molecule has 0 spiro atoms. The molecule has 0 amide bonds. The van der Waals surface area contributed by atoms with Gasteiger partial charge >= 0.3 is 27.5 Å². The summed E-state index contributed by atoms with van der Waals surface area (Å²) < 4.78 is 8.34. The normalized spacial score (nSPS) is 11.4. The van der Waals surface area contributed by atoms with Gasteiger partial charge in [-0.3, -0.25) is 0 Å². The molecule has 0 saturated carbocycles. The van der Waals surface area contributed by atoms with Crippen LogP contribution in [0.1, 0.15) is 39.5 Å². The zero-order chi connectivity index (χ0) is 8.41. The first kappa shape index (κ1) is 13.3. The van der Waals surface area contributed by atoms with Crippen molar-refractivity contribution in [3.63, 3.8) is 0 Å². The van der Waals surface area contributed by atoms with Gasteiger partial charge in [0.15, 0.2) is 0 Å². The Morgan fingerprint density at radius 2 is 1.90 bits per heavy atom. The summed E-state index contributed by atoms with van der Waals surface area (Å²) in [5.41, 5.74) is 0. The predicted octanol–water partition coefficient (Wildman–Crippen LogP) is 2.92. The van der Waals surface area contributed by atoms with E-state index in [1.807, 2.05) is 0 Å². The van der Waals surface area contributed by atoms with Crippen molar-refractivity contribution in [2.75, 3.05) is 0 Å². The van der Waals surface area contributed by atoms with Crippen LogP contribution in [0.4, 0.5) is 0 Å². The molecule has 0 saturated heterocycles. The molecular weight excluding hydrogens is 203 g/mol. The second kappa shape index (κ2) is 12.4. The van der Waals surface area contributed by atoms with Crippen molar-refractivity contribution < 1.29 is 27.5 Å². The summed E-state index contributed by atoms with van der Waals surface area (Å²) in [6.45, 7) is 8.42. The molecule has 1 unspecified atom stereocenters. The Morgan fingerprint density at radius 3 is 2.20 bits per heavy atom. The van der Waals surface area contributed by atoms with E-state index in [4.69, 9.17) is 2.81 Å². The van der Waals surface area contributed by atoms with E-state index < -0.39 is 0 Å². The van der Waals surface area contributed by atoms with E-state index >= 15 is 0 Å². The van der Waals surface area contributed by atoms with Crippen LogP contribution in [0.3, 0.4) is 0 Å². The Morgan fingerprint density at radius 1 is 1.40 bits per heavy atom. The van der Waals surface area contributed by atoms with Gasteiger partial charge in [0.2, 0.25) is 0 Å². The van der Waals surface area contributed by atoms with Crippen molar-refractivity contribution in [1.82, 2.24) is 0 Å². The number of unbranched alkanes of at least 4 members (excludes halogenated alkanes) is 1. The fraction of sp³-hybridized carbons (Fsp3) is 0.875. The number of hydrogen-bond donors (Lipinski definition) is 0. The monoisotopic (exact) mass is 219 g/mol. The van der Waals surface area contributed by atoms with Crippen molar-refractivity contribution >= 4 is 0 Å². The van der Waals surface area contributed by atoms with Crippen molar-refractivity contribution in [2.24, 2.45) is 5.92 Å². The fourth-order valence-electron chi connectivity index (χ4n) is 0.697. The van der Waals surface area contributed by atoms with Crippen molar-refractivity contribution in [3.05, 3.63) is 6.92 Å². The number of hydrogen-bond acceptors (Lipinski definition) is 1. The molecule has 0 N–H and O–H groups in total. The third-order valence-corrected chi connectivity index (χ3v) is 1.54. The zero-order valence-corrected chi connectivity index (χ0v) is 9.48. The van der Waals surface area contributed by atoms with Crippen LogP contribution in [0.5, 0.6) is 0 Å². The third-order valence-electron chi connectivity index (χ3n) is 1.54. The van der Waals surface area contributed by atoms with Crippen LogP contribution in [-0.2, 0) is 27.5 Å². The molecule has 0 aromatic rings. The predicted molar refractivity (Wildman–Crippen MR) is 39.3 cm³/mol. The van der Waals surface area contributed by atoms with Crippen LogP contribution in [0, 0.1) is 12.8 Å². The topological polar surface area (TPSA) is 17.1 Å². The first-order chi connectivity index (χ1) is 4.81. The van der Waals surface area contributed by atoms with E-state index in [2.05, 4.69) is 20.8 Å². The van der Waals surface area contributed by atoms with Gasteiger partial charge < -0.3 is 6.92 Å². The van der Waals surface area contributed by atoms with E-state index in [9.17, 15) is 0 Å². The van der Waals surface area contributed by atoms with E-state index in [1.54, 1.807) is 0 Å². The Hall–Kier alpha value is 0.683. The SMILES string of the molecule is [CH2-]C(CC)CCCC.[O]=[Zr]. The second-order valence-corrected chi connectivity index (χ2v) is 2.42. The van der Waals surface area contributed by atoms with Crippen LogP contribution in [0.25, 0.3) is 0 Å². The minimum atomic E-state index is 0.300. The molecule has 0 aromatic heterocycles. The fourth-order valence-corrected chi connectivity index (χ4v) is 0.697. The molecule has 10 heavy (non-hydrogen) atoms. The van der Waals surface area contributed by atoms with E-state index in [0.29, 0.717) is 30.6 Å². The van der Waals surface area contributed by atoms with Gasteiger partial charge in [-0.25, -0.2) is 0 Å². The molecule has 0 heterocycles. The van der Waals surface area contributed by atoms with E-state index in [-0.39, 0.29) is 0 Å². The third kappa shape index (κ3) is 11.5. The van der Waals surface area contributed by atoms with Crippen LogP contribution in [0.15, 0.2) is 0 Å². The standard InChI is InChI=1S/C8H17.O.Zr/c1-4-6-7-8(3)5-2;;/h8H,3-7H2,1-2H3;;/q-1;;. The molecule has 0 radical (unpaired) electrons. The summed E-state index contributed by atoms with van der Waals surface area (Å²) >= 11 is 0.300. The Kier molecular flexibility index (Phi) is 16.4. The molecular formula is C8H17OZr-. The average Bonchev–Trinajstić information content (AvgIpc) is 2.04. The van der Waals surface area contributed by atoms with Gasteiger partial charge in [0, 0.05) is 0 Å². The molecule has 0 rings (SSSR count). The van der Waals surface area contributed by atoms with Crippen LogP contribution in [-0.4, -0.2) is 0 Å². The summed E-state index contributed by atoms with van der Waals surface area (Å²) in [4.78, 5) is 0. The van der Waals surface area contributed by atoms with Crippen LogP contribution in [0.2, 0.25) is 0 Å². The van der Waals surface area contributed by atoms with Gasteiger partial charge in [-0.15, -0.1) is 0 Å². The van der Waals surface area contributed by atoms with Gasteiger partial charge in [-0.05, 0) is 0 Å². The summed E-state index contributed by atoms with van der Waals surface area (Å²) in [5, 5.41) is 0. The molecule has 0 aliphatic heterocycles. The molecule has 0 fully saturated rings. The molecule has 0 aliphatic rings. The first-order valence-corrected chi connectivity index (χ1v) is 4.85. The zero-order valence-electron chi connectivity index (χ0n) is 7.02. The molecule has 1 atom stereocenters. The van der Waals surface area contributed by atoms with Gasteiger partial charge in [0.25, 0.3) is 0 Å². The van der Waals surface area contributed by atoms with Gasteiger partial charge in [-0.2, -0.15) is 5.92 Å². The molecule has 0 bridgehead atoms. The van der Waals surface area contributed by atoms with Gasteiger partial charge in [0.05, 0.1) is 0 Å². The van der Waals surface area contributed by atoms with Crippen LogP contribution >= 0.6 is 0 Å². The molecule has 2 heteroatoms. The summed E-state index contributed by atoms with van der Waals surface area (Å²) in [6.07, 6.45) is 5.21. The van der Waals surface area contributed by atoms with E-state index in [1.165, 1.54) is 25.7 Å². The Balaban J connectivity index is 0. The first-order valence-electron chi connectivity index (χ1n) is 3.84. The quantitative estimate of drug-likeness (QED) is 0.666. The van der Waals surface area contributed by atoms with Crippen LogP contribution < -0.4 is 0 Å². The molecule has 0 aliphatic carbocycles. The molecule has 60 valence electrons. The summed E-state index contributed by atoms with van der Waals surface area (Å²) in [5.74, 6) is 0.704. The van der Waals surface area contributed by atoms with Crippen molar-refractivity contribution in [1.29, 1.82) is 0 Å². The maximum atomic E-state index is 8.34. The molecule has 0 aromatic carbocycles.